The summed E-state index contributed by atoms with van der Waals surface area (Å²) in [4.78, 5) is 21.5. The lowest BCUT2D eigenvalue weighted by Crippen LogP contribution is -2.39. The van der Waals surface area contributed by atoms with Gasteiger partial charge in [0.2, 0.25) is 5.91 Å². The number of fused-ring (bicyclic) bond motifs is 2. The Hall–Kier alpha value is -3.54. The second kappa shape index (κ2) is 7.80. The van der Waals surface area contributed by atoms with E-state index in [4.69, 9.17) is 0 Å². The number of rotatable bonds is 5. The summed E-state index contributed by atoms with van der Waals surface area (Å²) < 4.78 is 1.74. The van der Waals surface area contributed by atoms with Gasteiger partial charge in [0.05, 0.1) is 0 Å². The average molecular weight is 438 g/mol. The van der Waals surface area contributed by atoms with Gasteiger partial charge in [-0.15, -0.1) is 0 Å². The zero-order valence-electron chi connectivity index (χ0n) is 19.0. The molecular formula is C27H27N5O. The van der Waals surface area contributed by atoms with E-state index in [0.717, 1.165) is 23.4 Å². The molecule has 0 saturated carbocycles. The monoisotopic (exact) mass is 437 g/mol. The van der Waals surface area contributed by atoms with E-state index in [0.29, 0.717) is 42.9 Å². The third-order valence-corrected chi connectivity index (χ3v) is 7.57. The van der Waals surface area contributed by atoms with Gasteiger partial charge in [-0.2, -0.15) is 10.1 Å². The molecule has 6 nitrogen and oxygen atoms in total. The first-order chi connectivity index (χ1) is 16.1. The van der Waals surface area contributed by atoms with Gasteiger partial charge in [0.15, 0.2) is 0 Å². The van der Waals surface area contributed by atoms with Gasteiger partial charge < -0.3 is 5.32 Å². The Morgan fingerprint density at radius 2 is 1.70 bits per heavy atom. The van der Waals surface area contributed by atoms with E-state index >= 15 is 0 Å². The Bertz CT molecular complexity index is 1330. The molecule has 1 atom stereocenters. The lowest BCUT2D eigenvalue weighted by molar-refractivity contribution is -0.121. The Balaban J connectivity index is 1.16. The van der Waals surface area contributed by atoms with Crippen molar-refractivity contribution in [3.05, 3.63) is 94.1 Å². The molecular weight excluding hydrogens is 410 g/mol. The highest BCUT2D eigenvalue weighted by molar-refractivity contribution is 5.76. The quantitative estimate of drug-likeness (QED) is 0.511. The van der Waals surface area contributed by atoms with E-state index in [9.17, 15) is 4.79 Å². The molecule has 0 spiro atoms. The molecule has 1 N–H and O–H groups in total. The van der Waals surface area contributed by atoms with Gasteiger partial charge in [0.1, 0.15) is 6.33 Å². The first-order valence-corrected chi connectivity index (χ1v) is 11.7. The van der Waals surface area contributed by atoms with Crippen molar-refractivity contribution in [1.82, 2.24) is 24.9 Å². The molecule has 4 aromatic rings. The lowest BCUT2D eigenvalue weighted by atomic mass is 9.59. The first kappa shape index (κ1) is 20.1. The minimum atomic E-state index is 0.0931. The highest BCUT2D eigenvalue weighted by Gasteiger charge is 2.42. The third-order valence-electron chi connectivity index (χ3n) is 7.57. The summed E-state index contributed by atoms with van der Waals surface area (Å²) >= 11 is 0. The Morgan fingerprint density at radius 3 is 2.39 bits per heavy atom. The van der Waals surface area contributed by atoms with Crippen molar-refractivity contribution in [3.63, 3.8) is 0 Å². The summed E-state index contributed by atoms with van der Waals surface area (Å²) in [5, 5.41) is 7.49. The molecule has 2 heterocycles. The van der Waals surface area contributed by atoms with Crippen LogP contribution in [0, 0.1) is 19.8 Å². The normalized spacial score (nSPS) is 20.5. The molecule has 3 aliphatic carbocycles. The predicted molar refractivity (Wildman–Crippen MR) is 126 cm³/mol. The highest BCUT2D eigenvalue weighted by atomic mass is 16.1. The fourth-order valence-electron chi connectivity index (χ4n) is 6.05. The van der Waals surface area contributed by atoms with Crippen LogP contribution in [0.25, 0.3) is 5.78 Å². The molecule has 2 bridgehead atoms. The van der Waals surface area contributed by atoms with E-state index in [1.807, 2.05) is 13.8 Å². The maximum Gasteiger partial charge on any atom is 0.252 e. The summed E-state index contributed by atoms with van der Waals surface area (Å²) in [5.74, 6) is 1.89. The van der Waals surface area contributed by atoms with Crippen molar-refractivity contribution in [3.8, 4) is 0 Å². The molecule has 33 heavy (non-hydrogen) atoms. The number of hydrogen-bond acceptors (Lipinski definition) is 4. The highest BCUT2D eigenvalue weighted by Crippen LogP contribution is 2.55. The van der Waals surface area contributed by atoms with Gasteiger partial charge in [-0.25, -0.2) is 9.50 Å². The van der Waals surface area contributed by atoms with E-state index in [1.165, 1.54) is 28.6 Å². The number of nitrogens with one attached hydrogen (secondary N) is 1. The molecule has 1 amide bonds. The summed E-state index contributed by atoms with van der Waals surface area (Å²) in [6, 6.07) is 17.7. The number of carbonyl (C=O) groups is 1. The second-order valence-corrected chi connectivity index (χ2v) is 9.32. The average Bonchev–Trinajstić information content (AvgIpc) is 3.31. The molecule has 0 radical (unpaired) electrons. The minimum Gasteiger partial charge on any atom is -0.356 e. The molecule has 2 aromatic carbocycles. The molecule has 3 aliphatic rings. The topological polar surface area (TPSA) is 72.2 Å². The zero-order chi connectivity index (χ0) is 22.5. The van der Waals surface area contributed by atoms with Crippen LogP contribution in [-0.4, -0.2) is 32.0 Å². The molecule has 1 unspecified atom stereocenters. The number of carbonyl (C=O) groups excluding carboxylic acids is 1. The summed E-state index contributed by atoms with van der Waals surface area (Å²) in [5.41, 5.74) is 8.79. The molecule has 7 rings (SSSR count). The Kier molecular flexibility index (Phi) is 4.75. The summed E-state index contributed by atoms with van der Waals surface area (Å²) in [6.07, 6.45) is 3.69. The van der Waals surface area contributed by atoms with Crippen molar-refractivity contribution in [2.45, 2.75) is 44.9 Å². The number of aryl methyl sites for hydroxylation is 2. The fourth-order valence-corrected chi connectivity index (χ4v) is 6.05. The van der Waals surface area contributed by atoms with Gasteiger partial charge >= 0.3 is 0 Å². The number of amides is 1. The SMILES string of the molecule is Cc1nc2ncnn2c(C)c1CCC(=O)NCC1CC2c3ccccc3C1c1ccccc12. The zero-order valence-corrected chi connectivity index (χ0v) is 19.0. The van der Waals surface area contributed by atoms with Crippen LogP contribution in [0.4, 0.5) is 0 Å². The number of benzene rings is 2. The van der Waals surface area contributed by atoms with Crippen molar-refractivity contribution in [1.29, 1.82) is 0 Å². The molecule has 0 fully saturated rings. The van der Waals surface area contributed by atoms with Crippen LogP contribution in [0.1, 0.15) is 63.9 Å². The van der Waals surface area contributed by atoms with Crippen molar-refractivity contribution in [2.24, 2.45) is 5.92 Å². The first-order valence-electron chi connectivity index (χ1n) is 11.7. The van der Waals surface area contributed by atoms with Crippen LogP contribution >= 0.6 is 0 Å². The summed E-state index contributed by atoms with van der Waals surface area (Å²) in [6.45, 7) is 4.70. The van der Waals surface area contributed by atoms with Crippen LogP contribution in [0.15, 0.2) is 54.9 Å². The van der Waals surface area contributed by atoms with E-state index in [1.54, 1.807) is 4.52 Å². The van der Waals surface area contributed by atoms with Gasteiger partial charge in [-0.05, 0) is 60.4 Å². The van der Waals surface area contributed by atoms with Gasteiger partial charge in [-0.3, -0.25) is 4.79 Å². The number of hydrogen-bond donors (Lipinski definition) is 1. The van der Waals surface area contributed by atoms with Crippen molar-refractivity contribution >= 4 is 11.7 Å². The molecule has 0 aliphatic heterocycles. The maximum absolute atomic E-state index is 12.8. The molecule has 6 heteroatoms. The minimum absolute atomic E-state index is 0.0931. The molecule has 2 aromatic heterocycles. The standard InChI is InChI=1S/C27H27N5O/c1-16-19(17(2)32-27(31-16)29-15-30-32)11-12-25(33)28-14-18-13-24-20-7-3-5-9-22(20)26(18)23-10-6-4-8-21(23)24/h3-10,15,18,24,26H,11-14H2,1-2H3,(H,28,33). The smallest absolute Gasteiger partial charge is 0.252 e. The van der Waals surface area contributed by atoms with Crippen molar-refractivity contribution in [2.75, 3.05) is 6.54 Å². The van der Waals surface area contributed by atoms with Gasteiger partial charge in [0, 0.05) is 36.2 Å². The summed E-state index contributed by atoms with van der Waals surface area (Å²) in [7, 11) is 0. The van der Waals surface area contributed by atoms with E-state index in [-0.39, 0.29) is 5.91 Å². The van der Waals surface area contributed by atoms with Crippen LogP contribution < -0.4 is 5.32 Å². The van der Waals surface area contributed by atoms with Crippen molar-refractivity contribution < 1.29 is 4.79 Å². The molecule has 0 saturated heterocycles. The number of aromatic nitrogens is 4. The van der Waals surface area contributed by atoms with Gasteiger partial charge in [-0.1, -0.05) is 48.5 Å². The Morgan fingerprint density at radius 1 is 1.03 bits per heavy atom. The van der Waals surface area contributed by atoms with Gasteiger partial charge in [0.25, 0.3) is 5.78 Å². The predicted octanol–water partition coefficient (Wildman–Crippen LogP) is 4.09. The van der Waals surface area contributed by atoms with Crippen LogP contribution in [0.3, 0.4) is 0 Å². The van der Waals surface area contributed by atoms with E-state index in [2.05, 4.69) is 68.9 Å². The largest absolute Gasteiger partial charge is 0.356 e. The maximum atomic E-state index is 12.8. The van der Waals surface area contributed by atoms with E-state index < -0.39 is 0 Å². The fraction of sp³-hybridized carbons (Fsp3) is 0.333. The Labute approximate surface area is 193 Å². The van der Waals surface area contributed by atoms with Crippen LogP contribution in [0.5, 0.6) is 0 Å². The molecule has 166 valence electrons. The third kappa shape index (κ3) is 3.24. The van der Waals surface area contributed by atoms with Crippen LogP contribution in [0.2, 0.25) is 0 Å². The lowest BCUT2D eigenvalue weighted by Gasteiger charge is -2.45. The second-order valence-electron chi connectivity index (χ2n) is 9.32. The number of nitrogens with zero attached hydrogens (tertiary/aromatic N) is 4. The van der Waals surface area contributed by atoms with Crippen LogP contribution in [-0.2, 0) is 11.2 Å².